The van der Waals surface area contributed by atoms with Gasteiger partial charge in [0, 0.05) is 31.9 Å². The van der Waals surface area contributed by atoms with Crippen LogP contribution in [0.2, 0.25) is 0 Å². The van der Waals surface area contributed by atoms with Crippen LogP contribution in [0.3, 0.4) is 0 Å². The molecule has 0 fully saturated rings. The average molecular weight is 247 g/mol. The van der Waals surface area contributed by atoms with E-state index >= 15 is 0 Å². The molecule has 0 amide bonds. The van der Waals surface area contributed by atoms with Crippen LogP contribution in [0.15, 0.2) is 30.5 Å². The highest BCUT2D eigenvalue weighted by atomic mass is 15.2. The summed E-state index contributed by atoms with van der Waals surface area (Å²) in [5, 5.41) is 3.39. The lowest BCUT2D eigenvalue weighted by Gasteiger charge is -2.22. The quantitative estimate of drug-likeness (QED) is 0.751. The molecular formula is C15H25N3. The minimum absolute atomic E-state index is 0.500. The van der Waals surface area contributed by atoms with Gasteiger partial charge in [-0.2, -0.15) is 0 Å². The van der Waals surface area contributed by atoms with E-state index < -0.39 is 0 Å². The van der Waals surface area contributed by atoms with Crippen LogP contribution in [0.25, 0.3) is 0 Å². The van der Waals surface area contributed by atoms with E-state index in [9.17, 15) is 0 Å². The summed E-state index contributed by atoms with van der Waals surface area (Å²) in [4.78, 5) is 6.75. The van der Waals surface area contributed by atoms with Gasteiger partial charge in [0.2, 0.25) is 0 Å². The van der Waals surface area contributed by atoms with Gasteiger partial charge in [-0.05, 0) is 25.5 Å². The van der Waals surface area contributed by atoms with E-state index in [4.69, 9.17) is 0 Å². The molecule has 1 rings (SSSR count). The van der Waals surface area contributed by atoms with E-state index in [1.807, 2.05) is 13.1 Å². The van der Waals surface area contributed by atoms with E-state index in [2.05, 4.69) is 54.7 Å². The standard InChI is InChI=1S/C15H25N3/c1-6-18(11-12(2)3)15-8-7-14(10-17-15)9-16-13(4)5/h7-8,10,13,16H,2,6,9,11H2,1,3-5H3. The second kappa shape index (κ2) is 7.17. The van der Waals surface area contributed by atoms with Gasteiger partial charge in [-0.15, -0.1) is 0 Å². The number of nitrogens with zero attached hydrogens (tertiary/aromatic N) is 2. The fourth-order valence-corrected chi connectivity index (χ4v) is 1.71. The first-order chi connectivity index (χ1) is 8.52. The van der Waals surface area contributed by atoms with Gasteiger partial charge < -0.3 is 10.2 Å². The van der Waals surface area contributed by atoms with Gasteiger partial charge in [0.05, 0.1) is 0 Å². The van der Waals surface area contributed by atoms with Gasteiger partial charge in [0.15, 0.2) is 0 Å². The zero-order valence-electron chi connectivity index (χ0n) is 12.0. The molecule has 0 saturated heterocycles. The molecule has 0 saturated carbocycles. The summed E-state index contributed by atoms with van der Waals surface area (Å²) in [5.74, 6) is 1.02. The molecule has 3 heteroatoms. The number of likely N-dealkylation sites (N-methyl/N-ethyl adjacent to an activating group) is 1. The van der Waals surface area contributed by atoms with Crippen molar-refractivity contribution in [2.75, 3.05) is 18.0 Å². The maximum atomic E-state index is 4.53. The first-order valence-corrected chi connectivity index (χ1v) is 6.60. The predicted molar refractivity (Wildman–Crippen MR) is 78.9 cm³/mol. The lowest BCUT2D eigenvalue weighted by atomic mass is 10.2. The second-order valence-corrected chi connectivity index (χ2v) is 5.03. The van der Waals surface area contributed by atoms with Crippen molar-refractivity contribution in [3.8, 4) is 0 Å². The largest absolute Gasteiger partial charge is 0.353 e. The number of nitrogens with one attached hydrogen (secondary N) is 1. The summed E-state index contributed by atoms with van der Waals surface area (Å²) in [6, 6.07) is 4.72. The van der Waals surface area contributed by atoms with Crippen molar-refractivity contribution < 1.29 is 0 Å². The number of anilines is 1. The van der Waals surface area contributed by atoms with Crippen molar-refractivity contribution >= 4 is 5.82 Å². The Balaban J connectivity index is 2.65. The Hall–Kier alpha value is -1.35. The van der Waals surface area contributed by atoms with Crippen molar-refractivity contribution in [3.63, 3.8) is 0 Å². The average Bonchev–Trinajstić information content (AvgIpc) is 2.34. The van der Waals surface area contributed by atoms with Crippen LogP contribution < -0.4 is 10.2 Å². The first kappa shape index (κ1) is 14.7. The number of hydrogen-bond acceptors (Lipinski definition) is 3. The van der Waals surface area contributed by atoms with Crippen LogP contribution in [0, 0.1) is 0 Å². The van der Waals surface area contributed by atoms with Crippen LogP contribution >= 0.6 is 0 Å². The third-order valence-corrected chi connectivity index (χ3v) is 2.69. The van der Waals surface area contributed by atoms with Gasteiger partial charge in [0.25, 0.3) is 0 Å². The van der Waals surface area contributed by atoms with Crippen molar-refractivity contribution in [1.29, 1.82) is 0 Å². The monoisotopic (exact) mass is 247 g/mol. The molecule has 0 spiro atoms. The molecule has 0 radical (unpaired) electrons. The van der Waals surface area contributed by atoms with E-state index in [1.165, 1.54) is 5.56 Å². The highest BCUT2D eigenvalue weighted by molar-refractivity contribution is 5.40. The SMILES string of the molecule is C=C(C)CN(CC)c1ccc(CNC(C)C)cn1. The van der Waals surface area contributed by atoms with Gasteiger partial charge in [-0.25, -0.2) is 4.98 Å². The Bertz CT molecular complexity index is 368. The van der Waals surface area contributed by atoms with Crippen molar-refractivity contribution in [2.45, 2.75) is 40.3 Å². The van der Waals surface area contributed by atoms with Crippen LogP contribution in [-0.4, -0.2) is 24.1 Å². The van der Waals surface area contributed by atoms with E-state index in [0.29, 0.717) is 6.04 Å². The minimum Gasteiger partial charge on any atom is -0.353 e. The topological polar surface area (TPSA) is 28.2 Å². The van der Waals surface area contributed by atoms with Gasteiger partial charge >= 0.3 is 0 Å². The second-order valence-electron chi connectivity index (χ2n) is 5.03. The van der Waals surface area contributed by atoms with Gasteiger partial charge in [-0.3, -0.25) is 0 Å². The highest BCUT2D eigenvalue weighted by Gasteiger charge is 2.05. The lowest BCUT2D eigenvalue weighted by Crippen LogP contribution is -2.25. The van der Waals surface area contributed by atoms with Gasteiger partial charge in [0.1, 0.15) is 5.82 Å². The summed E-state index contributed by atoms with van der Waals surface area (Å²) in [6.07, 6.45) is 1.95. The van der Waals surface area contributed by atoms with Crippen molar-refractivity contribution in [2.24, 2.45) is 0 Å². The summed E-state index contributed by atoms with van der Waals surface area (Å²) < 4.78 is 0. The smallest absolute Gasteiger partial charge is 0.128 e. The number of rotatable bonds is 7. The maximum Gasteiger partial charge on any atom is 0.128 e. The Morgan fingerprint density at radius 1 is 1.44 bits per heavy atom. The zero-order chi connectivity index (χ0) is 13.5. The summed E-state index contributed by atoms with van der Waals surface area (Å²) >= 11 is 0. The van der Waals surface area contributed by atoms with E-state index in [-0.39, 0.29) is 0 Å². The molecule has 0 aromatic carbocycles. The summed E-state index contributed by atoms with van der Waals surface area (Å²) in [5.41, 5.74) is 2.38. The summed E-state index contributed by atoms with van der Waals surface area (Å²) in [6.45, 7) is 15.1. The fraction of sp³-hybridized carbons (Fsp3) is 0.533. The molecule has 0 aliphatic rings. The minimum atomic E-state index is 0.500. The molecule has 1 aromatic heterocycles. The van der Waals surface area contributed by atoms with Crippen LogP contribution in [0.4, 0.5) is 5.82 Å². The Kier molecular flexibility index (Phi) is 5.86. The third-order valence-electron chi connectivity index (χ3n) is 2.69. The van der Waals surface area contributed by atoms with Crippen LogP contribution in [-0.2, 0) is 6.54 Å². The normalized spacial score (nSPS) is 10.7. The molecule has 0 unspecified atom stereocenters. The molecule has 0 bridgehead atoms. The number of aromatic nitrogens is 1. The predicted octanol–water partition coefficient (Wildman–Crippen LogP) is 2.98. The maximum absolute atomic E-state index is 4.53. The lowest BCUT2D eigenvalue weighted by molar-refractivity contribution is 0.588. The highest BCUT2D eigenvalue weighted by Crippen LogP contribution is 2.12. The van der Waals surface area contributed by atoms with Crippen LogP contribution in [0.5, 0.6) is 0 Å². The van der Waals surface area contributed by atoms with Crippen molar-refractivity contribution in [1.82, 2.24) is 10.3 Å². The molecule has 1 heterocycles. The van der Waals surface area contributed by atoms with E-state index in [1.54, 1.807) is 0 Å². The molecule has 100 valence electrons. The molecular weight excluding hydrogens is 222 g/mol. The molecule has 18 heavy (non-hydrogen) atoms. The zero-order valence-corrected chi connectivity index (χ0v) is 12.0. The third kappa shape index (κ3) is 4.88. The number of pyridine rings is 1. The Labute approximate surface area is 111 Å². The van der Waals surface area contributed by atoms with E-state index in [0.717, 1.165) is 31.0 Å². The molecule has 0 aliphatic heterocycles. The summed E-state index contributed by atoms with van der Waals surface area (Å²) in [7, 11) is 0. The molecule has 0 aliphatic carbocycles. The first-order valence-electron chi connectivity index (χ1n) is 6.60. The molecule has 1 N–H and O–H groups in total. The Morgan fingerprint density at radius 3 is 2.61 bits per heavy atom. The number of hydrogen-bond donors (Lipinski definition) is 1. The van der Waals surface area contributed by atoms with Crippen LogP contribution in [0.1, 0.15) is 33.3 Å². The fourth-order valence-electron chi connectivity index (χ4n) is 1.71. The Morgan fingerprint density at radius 2 is 2.17 bits per heavy atom. The van der Waals surface area contributed by atoms with Crippen molar-refractivity contribution in [3.05, 3.63) is 36.0 Å². The molecule has 1 aromatic rings. The van der Waals surface area contributed by atoms with Gasteiger partial charge in [-0.1, -0.05) is 32.1 Å². The molecule has 3 nitrogen and oxygen atoms in total. The molecule has 0 atom stereocenters.